The summed E-state index contributed by atoms with van der Waals surface area (Å²) >= 11 is 0. The number of fused-ring (bicyclic) bond motifs is 1. The zero-order chi connectivity index (χ0) is 13.9. The Balaban J connectivity index is 1.74. The van der Waals surface area contributed by atoms with Gasteiger partial charge >= 0.3 is 0 Å². The molecule has 1 N–H and O–H groups in total. The molecule has 4 heteroatoms. The standard InChI is InChI=1S/C16H23N3O/c1-13-6-7-16-17-14(12-19(16)10-13)11-18(8-3-9-20)15-4-2-5-15/h6-7,10,12,15,20H,2-5,8-9,11H2,1H3. The van der Waals surface area contributed by atoms with E-state index >= 15 is 0 Å². The molecule has 2 aromatic rings. The number of nitrogens with zero attached hydrogens (tertiary/aromatic N) is 3. The molecule has 0 unspecified atom stereocenters. The molecule has 0 radical (unpaired) electrons. The fraction of sp³-hybridized carbons (Fsp3) is 0.562. The van der Waals surface area contributed by atoms with Crippen LogP contribution in [0, 0.1) is 6.92 Å². The highest BCUT2D eigenvalue weighted by molar-refractivity contribution is 5.41. The predicted octanol–water partition coefficient (Wildman–Crippen LogP) is 2.38. The lowest BCUT2D eigenvalue weighted by Gasteiger charge is -2.37. The molecule has 2 aromatic heterocycles. The fourth-order valence-corrected chi connectivity index (χ4v) is 2.86. The maximum Gasteiger partial charge on any atom is 0.137 e. The molecule has 0 saturated heterocycles. The molecule has 0 spiro atoms. The Bertz CT molecular complexity index is 574. The van der Waals surface area contributed by atoms with Crippen molar-refractivity contribution in [3.8, 4) is 0 Å². The van der Waals surface area contributed by atoms with Crippen molar-refractivity contribution in [3.05, 3.63) is 35.8 Å². The second-order valence-corrected chi connectivity index (χ2v) is 5.84. The van der Waals surface area contributed by atoms with Crippen LogP contribution in [0.2, 0.25) is 0 Å². The second kappa shape index (κ2) is 5.94. The summed E-state index contributed by atoms with van der Waals surface area (Å²) in [7, 11) is 0. The van der Waals surface area contributed by atoms with Crippen LogP contribution in [0.15, 0.2) is 24.5 Å². The number of aromatic nitrogens is 2. The molecular weight excluding hydrogens is 250 g/mol. The van der Waals surface area contributed by atoms with E-state index < -0.39 is 0 Å². The lowest BCUT2D eigenvalue weighted by Crippen LogP contribution is -2.40. The molecule has 1 fully saturated rings. The van der Waals surface area contributed by atoms with Gasteiger partial charge in [-0.05, 0) is 37.8 Å². The first kappa shape index (κ1) is 13.6. The van der Waals surface area contributed by atoms with E-state index in [9.17, 15) is 0 Å². The number of rotatable bonds is 6. The third-order valence-electron chi connectivity index (χ3n) is 4.21. The van der Waals surface area contributed by atoms with Crippen molar-refractivity contribution in [1.82, 2.24) is 14.3 Å². The molecule has 0 aromatic carbocycles. The fourth-order valence-electron chi connectivity index (χ4n) is 2.86. The van der Waals surface area contributed by atoms with Crippen molar-refractivity contribution in [2.75, 3.05) is 13.2 Å². The minimum Gasteiger partial charge on any atom is -0.396 e. The van der Waals surface area contributed by atoms with Crippen molar-refractivity contribution >= 4 is 5.65 Å². The van der Waals surface area contributed by atoms with Crippen LogP contribution in [0.3, 0.4) is 0 Å². The summed E-state index contributed by atoms with van der Waals surface area (Å²) < 4.78 is 2.11. The van der Waals surface area contributed by atoms with Crippen molar-refractivity contribution in [2.24, 2.45) is 0 Å². The van der Waals surface area contributed by atoms with Crippen molar-refractivity contribution in [3.63, 3.8) is 0 Å². The number of imidazole rings is 1. The summed E-state index contributed by atoms with van der Waals surface area (Å²) in [6.45, 7) is 4.23. The van der Waals surface area contributed by atoms with Gasteiger partial charge < -0.3 is 9.51 Å². The highest BCUT2D eigenvalue weighted by Crippen LogP contribution is 2.26. The van der Waals surface area contributed by atoms with Gasteiger partial charge in [0.05, 0.1) is 5.69 Å². The molecule has 4 nitrogen and oxygen atoms in total. The van der Waals surface area contributed by atoms with Gasteiger partial charge in [0.15, 0.2) is 0 Å². The van der Waals surface area contributed by atoms with Gasteiger partial charge in [0.1, 0.15) is 5.65 Å². The van der Waals surface area contributed by atoms with Crippen LogP contribution in [0.1, 0.15) is 36.9 Å². The molecule has 0 atom stereocenters. The van der Waals surface area contributed by atoms with Gasteiger partial charge in [0.25, 0.3) is 0 Å². The number of hydrogen-bond acceptors (Lipinski definition) is 3. The van der Waals surface area contributed by atoms with E-state index in [0.29, 0.717) is 6.04 Å². The number of aryl methyl sites for hydroxylation is 1. The Morgan fingerprint density at radius 2 is 2.20 bits per heavy atom. The van der Waals surface area contributed by atoms with E-state index in [1.165, 1.54) is 24.8 Å². The summed E-state index contributed by atoms with van der Waals surface area (Å²) in [4.78, 5) is 7.18. The Morgan fingerprint density at radius 3 is 2.90 bits per heavy atom. The summed E-state index contributed by atoms with van der Waals surface area (Å²) in [6, 6.07) is 4.86. The van der Waals surface area contributed by atoms with Crippen LogP contribution in [-0.2, 0) is 6.54 Å². The van der Waals surface area contributed by atoms with E-state index in [4.69, 9.17) is 10.1 Å². The number of aliphatic hydroxyl groups excluding tert-OH is 1. The van der Waals surface area contributed by atoms with E-state index in [0.717, 1.165) is 30.9 Å². The molecule has 3 rings (SSSR count). The van der Waals surface area contributed by atoms with Gasteiger partial charge in [-0.15, -0.1) is 0 Å². The predicted molar refractivity (Wildman–Crippen MR) is 79.7 cm³/mol. The van der Waals surface area contributed by atoms with Crippen molar-refractivity contribution in [2.45, 2.75) is 45.2 Å². The third-order valence-corrected chi connectivity index (χ3v) is 4.21. The first-order chi connectivity index (χ1) is 9.76. The summed E-state index contributed by atoms with van der Waals surface area (Å²) in [6.07, 6.45) is 9.02. The first-order valence-corrected chi connectivity index (χ1v) is 7.55. The maximum absolute atomic E-state index is 9.05. The monoisotopic (exact) mass is 273 g/mol. The lowest BCUT2D eigenvalue weighted by atomic mass is 9.91. The Labute approximate surface area is 120 Å². The highest BCUT2D eigenvalue weighted by atomic mass is 16.3. The number of aliphatic hydroxyl groups is 1. The summed E-state index contributed by atoms with van der Waals surface area (Å²) in [5, 5.41) is 9.05. The largest absolute Gasteiger partial charge is 0.396 e. The Morgan fingerprint density at radius 1 is 1.35 bits per heavy atom. The van der Waals surface area contributed by atoms with E-state index in [1.54, 1.807) is 0 Å². The molecule has 108 valence electrons. The van der Waals surface area contributed by atoms with Crippen LogP contribution in [0.5, 0.6) is 0 Å². The molecule has 0 aliphatic heterocycles. The number of pyridine rings is 1. The van der Waals surface area contributed by atoms with E-state index in [1.807, 2.05) is 0 Å². The summed E-state index contributed by atoms with van der Waals surface area (Å²) in [5.41, 5.74) is 3.39. The highest BCUT2D eigenvalue weighted by Gasteiger charge is 2.25. The third kappa shape index (κ3) is 2.86. The summed E-state index contributed by atoms with van der Waals surface area (Å²) in [5.74, 6) is 0. The van der Waals surface area contributed by atoms with Crippen molar-refractivity contribution in [1.29, 1.82) is 0 Å². The molecule has 20 heavy (non-hydrogen) atoms. The van der Waals surface area contributed by atoms with Gasteiger partial charge in [0.2, 0.25) is 0 Å². The SMILES string of the molecule is Cc1ccc2nc(CN(CCCO)C3CCC3)cn2c1. The van der Waals surface area contributed by atoms with Crippen molar-refractivity contribution < 1.29 is 5.11 Å². The zero-order valence-corrected chi connectivity index (χ0v) is 12.1. The molecule has 2 heterocycles. The molecule has 1 saturated carbocycles. The Kier molecular flexibility index (Phi) is 4.03. The molecule has 1 aliphatic rings. The molecule has 0 bridgehead atoms. The minimum atomic E-state index is 0.271. The normalized spacial score (nSPS) is 15.9. The molecule has 1 aliphatic carbocycles. The maximum atomic E-state index is 9.05. The van der Waals surface area contributed by atoms with Gasteiger partial charge in [-0.3, -0.25) is 4.90 Å². The lowest BCUT2D eigenvalue weighted by molar-refractivity contribution is 0.108. The molecular formula is C16H23N3O. The van der Waals surface area contributed by atoms with Crippen LogP contribution in [-0.4, -0.2) is 38.6 Å². The van der Waals surface area contributed by atoms with Crippen LogP contribution in [0.4, 0.5) is 0 Å². The van der Waals surface area contributed by atoms with Gasteiger partial charge in [-0.1, -0.05) is 12.5 Å². The van der Waals surface area contributed by atoms with E-state index in [-0.39, 0.29) is 6.61 Å². The zero-order valence-electron chi connectivity index (χ0n) is 12.1. The van der Waals surface area contributed by atoms with Crippen LogP contribution >= 0.6 is 0 Å². The van der Waals surface area contributed by atoms with Crippen LogP contribution in [0.25, 0.3) is 5.65 Å². The van der Waals surface area contributed by atoms with Gasteiger partial charge in [-0.2, -0.15) is 0 Å². The van der Waals surface area contributed by atoms with Gasteiger partial charge in [-0.25, -0.2) is 4.98 Å². The van der Waals surface area contributed by atoms with Crippen LogP contribution < -0.4 is 0 Å². The number of hydrogen-bond donors (Lipinski definition) is 1. The Hall–Kier alpha value is -1.39. The van der Waals surface area contributed by atoms with Gasteiger partial charge in [0, 0.05) is 38.1 Å². The van der Waals surface area contributed by atoms with E-state index in [2.05, 4.69) is 40.8 Å². The smallest absolute Gasteiger partial charge is 0.137 e. The average molecular weight is 273 g/mol. The minimum absolute atomic E-state index is 0.271. The first-order valence-electron chi connectivity index (χ1n) is 7.55. The topological polar surface area (TPSA) is 40.8 Å². The molecule has 0 amide bonds. The second-order valence-electron chi connectivity index (χ2n) is 5.84. The average Bonchev–Trinajstić information content (AvgIpc) is 2.75. The quantitative estimate of drug-likeness (QED) is 0.878.